The Morgan fingerprint density at radius 3 is 2.31 bits per heavy atom. The summed E-state index contributed by atoms with van der Waals surface area (Å²) in [6, 6.07) is 18.1. The molecule has 0 aliphatic heterocycles. The van der Waals surface area contributed by atoms with Crippen LogP contribution in [0, 0.1) is 11.3 Å². The number of benzene rings is 2. The summed E-state index contributed by atoms with van der Waals surface area (Å²) < 4.78 is 0. The lowest BCUT2D eigenvalue weighted by Gasteiger charge is -2.06. The van der Waals surface area contributed by atoms with E-state index in [4.69, 9.17) is 5.26 Å². The van der Waals surface area contributed by atoms with Crippen molar-refractivity contribution in [3.63, 3.8) is 0 Å². The van der Waals surface area contributed by atoms with Gasteiger partial charge in [-0.15, -0.1) is 11.8 Å². The minimum absolute atomic E-state index is 0.699. The zero-order valence-corrected chi connectivity index (χ0v) is 9.79. The zero-order chi connectivity index (χ0) is 11.4. The second kappa shape index (κ2) is 4.87. The predicted octanol–water partition coefficient (Wildman–Crippen LogP) is 3.95. The molecule has 0 fully saturated rings. The molecule has 0 spiro atoms. The van der Waals surface area contributed by atoms with Crippen LogP contribution in [0.4, 0.5) is 0 Å². The van der Waals surface area contributed by atoms with E-state index < -0.39 is 0 Å². The van der Waals surface area contributed by atoms with E-state index in [1.807, 2.05) is 36.4 Å². The van der Waals surface area contributed by atoms with E-state index in [2.05, 4.69) is 24.5 Å². The molecule has 2 aromatic rings. The fraction of sp³-hybridized carbons (Fsp3) is 0.0714. The van der Waals surface area contributed by atoms with Crippen LogP contribution in [0.3, 0.4) is 0 Å². The summed E-state index contributed by atoms with van der Waals surface area (Å²) in [5, 5.41) is 8.75. The molecule has 0 aliphatic carbocycles. The largest absolute Gasteiger partial charge is 0.192 e. The first kappa shape index (κ1) is 10.8. The van der Waals surface area contributed by atoms with Crippen LogP contribution in [0.25, 0.3) is 11.1 Å². The highest BCUT2D eigenvalue weighted by Gasteiger charge is 2.02. The molecule has 0 radical (unpaired) electrons. The SMILES string of the molecule is CSc1ccccc1-c1ccc(C#N)cc1. The van der Waals surface area contributed by atoms with Gasteiger partial charge in [0.1, 0.15) is 0 Å². The third kappa shape index (κ3) is 2.10. The van der Waals surface area contributed by atoms with Gasteiger partial charge in [-0.3, -0.25) is 0 Å². The molecule has 0 N–H and O–H groups in total. The van der Waals surface area contributed by atoms with Gasteiger partial charge in [0, 0.05) is 4.90 Å². The summed E-state index contributed by atoms with van der Waals surface area (Å²) in [5.41, 5.74) is 3.08. The van der Waals surface area contributed by atoms with Crippen molar-refractivity contribution in [2.45, 2.75) is 4.90 Å². The summed E-state index contributed by atoms with van der Waals surface area (Å²) in [6.45, 7) is 0. The summed E-state index contributed by atoms with van der Waals surface area (Å²) >= 11 is 1.74. The van der Waals surface area contributed by atoms with E-state index in [0.717, 1.165) is 5.56 Å². The van der Waals surface area contributed by atoms with Crippen LogP contribution in [0.2, 0.25) is 0 Å². The van der Waals surface area contributed by atoms with Crippen LogP contribution in [0.5, 0.6) is 0 Å². The minimum atomic E-state index is 0.699. The smallest absolute Gasteiger partial charge is 0.0991 e. The Kier molecular flexibility index (Phi) is 3.28. The van der Waals surface area contributed by atoms with Crippen LogP contribution < -0.4 is 0 Å². The van der Waals surface area contributed by atoms with Gasteiger partial charge < -0.3 is 0 Å². The normalized spacial score (nSPS) is 9.75. The molecule has 78 valence electrons. The Labute approximate surface area is 99.7 Å². The molecule has 2 heteroatoms. The molecule has 0 amide bonds. The van der Waals surface area contributed by atoms with Gasteiger partial charge in [-0.25, -0.2) is 0 Å². The maximum Gasteiger partial charge on any atom is 0.0991 e. The Balaban J connectivity index is 2.47. The minimum Gasteiger partial charge on any atom is -0.192 e. The van der Waals surface area contributed by atoms with Crippen molar-refractivity contribution in [3.05, 3.63) is 54.1 Å². The maximum absolute atomic E-state index is 8.75. The lowest BCUT2D eigenvalue weighted by atomic mass is 10.0. The van der Waals surface area contributed by atoms with E-state index in [9.17, 15) is 0 Å². The quantitative estimate of drug-likeness (QED) is 0.723. The first-order valence-corrected chi connectivity index (χ1v) is 6.21. The van der Waals surface area contributed by atoms with Crippen LogP contribution in [-0.2, 0) is 0 Å². The van der Waals surface area contributed by atoms with Crippen molar-refractivity contribution in [1.82, 2.24) is 0 Å². The molecular formula is C14H11NS. The summed E-state index contributed by atoms with van der Waals surface area (Å²) in [7, 11) is 0. The molecule has 0 bridgehead atoms. The first-order valence-electron chi connectivity index (χ1n) is 4.98. The lowest BCUT2D eigenvalue weighted by molar-refractivity contribution is 1.44. The molecule has 0 atom stereocenters. The molecular weight excluding hydrogens is 214 g/mol. The Morgan fingerprint density at radius 2 is 1.69 bits per heavy atom. The number of thioether (sulfide) groups is 1. The highest BCUT2D eigenvalue weighted by Crippen LogP contribution is 2.29. The average Bonchev–Trinajstić information content (AvgIpc) is 2.39. The Bertz CT molecular complexity index is 523. The molecule has 0 saturated carbocycles. The second-order valence-electron chi connectivity index (χ2n) is 3.39. The van der Waals surface area contributed by atoms with Crippen molar-refractivity contribution in [2.24, 2.45) is 0 Å². The number of nitrogens with zero attached hydrogens (tertiary/aromatic N) is 1. The van der Waals surface area contributed by atoms with Crippen molar-refractivity contribution in [3.8, 4) is 17.2 Å². The van der Waals surface area contributed by atoms with Gasteiger partial charge >= 0.3 is 0 Å². The van der Waals surface area contributed by atoms with E-state index in [1.165, 1.54) is 10.5 Å². The number of rotatable bonds is 2. The Hall–Kier alpha value is -1.72. The standard InChI is InChI=1S/C14H11NS/c1-16-14-5-3-2-4-13(14)12-8-6-11(10-15)7-9-12/h2-9H,1H3. The predicted molar refractivity (Wildman–Crippen MR) is 68.4 cm³/mol. The third-order valence-electron chi connectivity index (χ3n) is 2.43. The monoisotopic (exact) mass is 225 g/mol. The zero-order valence-electron chi connectivity index (χ0n) is 8.97. The van der Waals surface area contributed by atoms with Crippen molar-refractivity contribution in [1.29, 1.82) is 5.26 Å². The number of hydrogen-bond donors (Lipinski definition) is 0. The molecule has 2 rings (SSSR count). The van der Waals surface area contributed by atoms with Gasteiger partial charge in [-0.1, -0.05) is 30.3 Å². The first-order chi connectivity index (χ1) is 7.85. The number of hydrogen-bond acceptors (Lipinski definition) is 2. The van der Waals surface area contributed by atoms with Gasteiger partial charge in [0.2, 0.25) is 0 Å². The van der Waals surface area contributed by atoms with E-state index in [1.54, 1.807) is 11.8 Å². The topological polar surface area (TPSA) is 23.8 Å². The molecule has 0 heterocycles. The maximum atomic E-state index is 8.75. The third-order valence-corrected chi connectivity index (χ3v) is 3.23. The highest BCUT2D eigenvalue weighted by molar-refractivity contribution is 7.98. The fourth-order valence-electron chi connectivity index (χ4n) is 1.61. The molecule has 0 unspecified atom stereocenters. The molecule has 2 aromatic carbocycles. The second-order valence-corrected chi connectivity index (χ2v) is 4.24. The van der Waals surface area contributed by atoms with Crippen molar-refractivity contribution < 1.29 is 0 Å². The van der Waals surface area contributed by atoms with Crippen LogP contribution in [-0.4, -0.2) is 6.26 Å². The van der Waals surface area contributed by atoms with Crippen LogP contribution >= 0.6 is 11.8 Å². The molecule has 16 heavy (non-hydrogen) atoms. The van der Waals surface area contributed by atoms with Gasteiger partial charge in [-0.05, 0) is 35.6 Å². The summed E-state index contributed by atoms with van der Waals surface area (Å²) in [4.78, 5) is 1.26. The van der Waals surface area contributed by atoms with Crippen molar-refractivity contribution in [2.75, 3.05) is 6.26 Å². The van der Waals surface area contributed by atoms with E-state index >= 15 is 0 Å². The van der Waals surface area contributed by atoms with E-state index in [-0.39, 0.29) is 0 Å². The van der Waals surface area contributed by atoms with Gasteiger partial charge in [0.05, 0.1) is 11.6 Å². The molecule has 0 aliphatic rings. The van der Waals surface area contributed by atoms with Crippen molar-refractivity contribution >= 4 is 11.8 Å². The van der Waals surface area contributed by atoms with Gasteiger partial charge in [-0.2, -0.15) is 5.26 Å². The van der Waals surface area contributed by atoms with E-state index in [0.29, 0.717) is 5.56 Å². The summed E-state index contributed by atoms with van der Waals surface area (Å²) in [6.07, 6.45) is 2.07. The Morgan fingerprint density at radius 1 is 1.00 bits per heavy atom. The highest BCUT2D eigenvalue weighted by atomic mass is 32.2. The molecule has 1 nitrogen and oxygen atoms in total. The molecule has 0 saturated heterocycles. The van der Waals surface area contributed by atoms with Gasteiger partial charge in [0.15, 0.2) is 0 Å². The number of nitriles is 1. The lowest BCUT2D eigenvalue weighted by Crippen LogP contribution is -1.82. The molecule has 0 aromatic heterocycles. The fourth-order valence-corrected chi connectivity index (χ4v) is 2.23. The average molecular weight is 225 g/mol. The van der Waals surface area contributed by atoms with Crippen LogP contribution in [0.1, 0.15) is 5.56 Å². The summed E-state index contributed by atoms with van der Waals surface area (Å²) in [5.74, 6) is 0. The van der Waals surface area contributed by atoms with Crippen LogP contribution in [0.15, 0.2) is 53.4 Å². The van der Waals surface area contributed by atoms with Gasteiger partial charge in [0.25, 0.3) is 0 Å².